The highest BCUT2D eigenvalue weighted by molar-refractivity contribution is 5.86. The highest BCUT2D eigenvalue weighted by atomic mass is 16.5. The molecule has 1 aromatic carbocycles. The van der Waals surface area contributed by atoms with Gasteiger partial charge < -0.3 is 15.0 Å². The van der Waals surface area contributed by atoms with Crippen LogP contribution in [0.1, 0.15) is 36.6 Å². The molecule has 1 aromatic heterocycles. The van der Waals surface area contributed by atoms with Gasteiger partial charge in [0.2, 0.25) is 0 Å². The minimum Gasteiger partial charge on any atom is -0.497 e. The number of nitrogens with one attached hydrogen (secondary N) is 2. The molecule has 3 rings (SSSR count). The van der Waals surface area contributed by atoms with Gasteiger partial charge in [-0.15, -0.1) is 0 Å². The van der Waals surface area contributed by atoms with Gasteiger partial charge in [0.05, 0.1) is 7.11 Å². The number of H-pyrrole nitrogens is 1. The maximum Gasteiger partial charge on any atom is 0.119 e. The molecule has 2 aromatic rings. The van der Waals surface area contributed by atoms with Gasteiger partial charge in [0.15, 0.2) is 0 Å². The molecule has 0 aliphatic carbocycles. The van der Waals surface area contributed by atoms with Crippen molar-refractivity contribution in [3.63, 3.8) is 0 Å². The molecule has 3 nitrogen and oxygen atoms in total. The Morgan fingerprint density at radius 1 is 1.28 bits per heavy atom. The molecule has 0 amide bonds. The first-order valence-corrected chi connectivity index (χ1v) is 6.69. The molecule has 0 saturated carbocycles. The molecule has 1 fully saturated rings. The van der Waals surface area contributed by atoms with Crippen molar-refractivity contribution in [2.24, 2.45) is 0 Å². The number of fused-ring (bicyclic) bond motifs is 1. The first-order valence-electron chi connectivity index (χ1n) is 6.69. The molecule has 1 saturated heterocycles. The highest BCUT2D eigenvalue weighted by Gasteiger charge is 2.20. The summed E-state index contributed by atoms with van der Waals surface area (Å²) in [5, 5.41) is 4.93. The molecule has 3 heteroatoms. The lowest BCUT2D eigenvalue weighted by molar-refractivity contribution is 0.411. The number of benzene rings is 1. The second-order valence-corrected chi connectivity index (χ2v) is 5.08. The average Bonchev–Trinajstić information content (AvgIpc) is 2.74. The number of aryl methyl sites for hydroxylation is 1. The van der Waals surface area contributed by atoms with Gasteiger partial charge in [-0.2, -0.15) is 0 Å². The molecule has 0 spiro atoms. The molecule has 0 bridgehead atoms. The Hall–Kier alpha value is -1.48. The van der Waals surface area contributed by atoms with Gasteiger partial charge in [-0.05, 0) is 50.1 Å². The number of piperidine rings is 1. The van der Waals surface area contributed by atoms with Gasteiger partial charge >= 0.3 is 0 Å². The molecule has 2 N–H and O–H groups in total. The Labute approximate surface area is 108 Å². The summed E-state index contributed by atoms with van der Waals surface area (Å²) < 4.78 is 5.34. The van der Waals surface area contributed by atoms with Gasteiger partial charge in [-0.25, -0.2) is 0 Å². The third kappa shape index (κ3) is 1.89. The van der Waals surface area contributed by atoms with E-state index in [9.17, 15) is 0 Å². The quantitative estimate of drug-likeness (QED) is 0.850. The maximum atomic E-state index is 5.34. The van der Waals surface area contributed by atoms with Crippen molar-refractivity contribution < 1.29 is 4.74 Å². The lowest BCUT2D eigenvalue weighted by Gasteiger charge is -2.24. The summed E-state index contributed by atoms with van der Waals surface area (Å²) in [4.78, 5) is 3.48. The molecular formula is C15H20N2O. The van der Waals surface area contributed by atoms with E-state index in [-0.39, 0.29) is 0 Å². The Balaban J connectivity index is 2.10. The topological polar surface area (TPSA) is 37.0 Å². The summed E-state index contributed by atoms with van der Waals surface area (Å²) in [7, 11) is 1.72. The Morgan fingerprint density at radius 3 is 2.89 bits per heavy atom. The summed E-state index contributed by atoms with van der Waals surface area (Å²) in [5.74, 6) is 0.929. The van der Waals surface area contributed by atoms with Gasteiger partial charge in [-0.1, -0.05) is 6.42 Å². The normalized spacial score (nSPS) is 20.2. The SMILES string of the molecule is COc1ccc2[nH]c(C)c(C3CCCCN3)c2c1. The van der Waals surface area contributed by atoms with Crippen molar-refractivity contribution in [2.75, 3.05) is 13.7 Å². The van der Waals surface area contributed by atoms with E-state index in [4.69, 9.17) is 4.74 Å². The molecular weight excluding hydrogens is 224 g/mol. The molecule has 1 aliphatic heterocycles. The largest absolute Gasteiger partial charge is 0.497 e. The van der Waals surface area contributed by atoms with Crippen molar-refractivity contribution in [1.29, 1.82) is 0 Å². The van der Waals surface area contributed by atoms with Crippen LogP contribution in [0.15, 0.2) is 18.2 Å². The van der Waals surface area contributed by atoms with Crippen LogP contribution in [0.2, 0.25) is 0 Å². The Bertz CT molecular complexity index is 553. The van der Waals surface area contributed by atoms with Gasteiger partial charge in [-0.3, -0.25) is 0 Å². The second-order valence-electron chi connectivity index (χ2n) is 5.08. The van der Waals surface area contributed by atoms with Gasteiger partial charge in [0.1, 0.15) is 5.75 Å². The fourth-order valence-corrected chi connectivity index (χ4v) is 3.00. The number of methoxy groups -OCH3 is 1. The zero-order valence-corrected chi connectivity index (χ0v) is 11.0. The van der Waals surface area contributed by atoms with E-state index in [1.165, 1.54) is 41.4 Å². The third-order valence-electron chi connectivity index (χ3n) is 3.90. The number of hydrogen-bond acceptors (Lipinski definition) is 2. The monoisotopic (exact) mass is 244 g/mol. The fourth-order valence-electron chi connectivity index (χ4n) is 3.00. The number of hydrogen-bond donors (Lipinski definition) is 2. The average molecular weight is 244 g/mol. The van der Waals surface area contributed by atoms with Crippen molar-refractivity contribution >= 4 is 10.9 Å². The predicted molar refractivity (Wildman–Crippen MR) is 74.2 cm³/mol. The number of aromatic amines is 1. The van der Waals surface area contributed by atoms with Crippen LogP contribution in [0.4, 0.5) is 0 Å². The third-order valence-corrected chi connectivity index (χ3v) is 3.90. The zero-order chi connectivity index (χ0) is 12.5. The van der Waals surface area contributed by atoms with E-state index in [1.807, 2.05) is 6.07 Å². The maximum absolute atomic E-state index is 5.34. The van der Waals surface area contributed by atoms with Crippen LogP contribution in [0.3, 0.4) is 0 Å². The molecule has 0 radical (unpaired) electrons. The Kier molecular flexibility index (Phi) is 3.00. The summed E-state index contributed by atoms with van der Waals surface area (Å²) in [5.41, 5.74) is 3.90. The van der Waals surface area contributed by atoms with E-state index in [0.717, 1.165) is 12.3 Å². The number of rotatable bonds is 2. The smallest absolute Gasteiger partial charge is 0.119 e. The van der Waals surface area contributed by atoms with Gasteiger partial charge in [0, 0.05) is 22.6 Å². The lowest BCUT2D eigenvalue weighted by atomic mass is 9.95. The van der Waals surface area contributed by atoms with Crippen LogP contribution in [0, 0.1) is 6.92 Å². The van der Waals surface area contributed by atoms with Crippen LogP contribution in [-0.4, -0.2) is 18.6 Å². The lowest BCUT2D eigenvalue weighted by Crippen LogP contribution is -2.27. The molecule has 18 heavy (non-hydrogen) atoms. The molecule has 96 valence electrons. The minimum atomic E-state index is 0.486. The minimum absolute atomic E-state index is 0.486. The van der Waals surface area contributed by atoms with E-state index in [1.54, 1.807) is 7.11 Å². The van der Waals surface area contributed by atoms with Crippen molar-refractivity contribution in [3.8, 4) is 5.75 Å². The van der Waals surface area contributed by atoms with Gasteiger partial charge in [0.25, 0.3) is 0 Å². The number of aromatic nitrogens is 1. The van der Waals surface area contributed by atoms with E-state index < -0.39 is 0 Å². The van der Waals surface area contributed by atoms with Crippen LogP contribution >= 0.6 is 0 Å². The Morgan fingerprint density at radius 2 is 2.17 bits per heavy atom. The van der Waals surface area contributed by atoms with Crippen molar-refractivity contribution in [2.45, 2.75) is 32.2 Å². The standard InChI is InChI=1S/C15H20N2O/c1-10-15(14-5-3-4-8-16-14)12-9-11(18-2)6-7-13(12)17-10/h6-7,9,14,16-17H,3-5,8H2,1-2H3. The predicted octanol–water partition coefficient (Wildman–Crippen LogP) is 3.30. The molecule has 2 heterocycles. The van der Waals surface area contributed by atoms with Crippen LogP contribution < -0.4 is 10.1 Å². The summed E-state index contributed by atoms with van der Waals surface area (Å²) in [6.45, 7) is 3.29. The van der Waals surface area contributed by atoms with E-state index >= 15 is 0 Å². The zero-order valence-electron chi connectivity index (χ0n) is 11.0. The van der Waals surface area contributed by atoms with Crippen LogP contribution in [0.5, 0.6) is 5.75 Å². The highest BCUT2D eigenvalue weighted by Crippen LogP contribution is 2.34. The van der Waals surface area contributed by atoms with Crippen molar-refractivity contribution in [3.05, 3.63) is 29.5 Å². The number of ether oxygens (including phenoxy) is 1. The molecule has 1 aliphatic rings. The first kappa shape index (κ1) is 11.6. The van der Waals surface area contributed by atoms with E-state index in [0.29, 0.717) is 6.04 Å². The fraction of sp³-hybridized carbons (Fsp3) is 0.467. The summed E-state index contributed by atoms with van der Waals surface area (Å²) >= 11 is 0. The van der Waals surface area contributed by atoms with Crippen molar-refractivity contribution in [1.82, 2.24) is 10.3 Å². The van der Waals surface area contributed by atoms with Crippen LogP contribution in [0.25, 0.3) is 10.9 Å². The first-order chi connectivity index (χ1) is 8.79. The second kappa shape index (κ2) is 4.65. The summed E-state index contributed by atoms with van der Waals surface area (Å²) in [6.07, 6.45) is 3.83. The van der Waals surface area contributed by atoms with E-state index in [2.05, 4.69) is 29.4 Å². The molecule has 1 atom stereocenters. The molecule has 1 unspecified atom stereocenters. The van der Waals surface area contributed by atoms with Crippen LogP contribution in [-0.2, 0) is 0 Å². The summed E-state index contributed by atoms with van der Waals surface area (Å²) in [6, 6.07) is 6.74.